The molecule has 0 aliphatic heterocycles. The Kier molecular flexibility index (Phi) is 6.30. The van der Waals surface area contributed by atoms with Crippen LogP contribution < -0.4 is 10.7 Å². The Labute approximate surface area is 159 Å². The van der Waals surface area contributed by atoms with E-state index in [-0.39, 0.29) is 17.7 Å². The summed E-state index contributed by atoms with van der Waals surface area (Å²) >= 11 is 0. The lowest BCUT2D eigenvalue weighted by Gasteiger charge is -2.20. The molecule has 6 nitrogen and oxygen atoms in total. The number of anilines is 1. The van der Waals surface area contributed by atoms with Crippen molar-refractivity contribution in [1.82, 2.24) is 10.4 Å². The van der Waals surface area contributed by atoms with Gasteiger partial charge >= 0.3 is 0 Å². The molecule has 6 heteroatoms. The Morgan fingerprint density at radius 2 is 1.78 bits per heavy atom. The molecule has 0 unspecified atom stereocenters. The van der Waals surface area contributed by atoms with E-state index in [0.717, 1.165) is 36.9 Å². The van der Waals surface area contributed by atoms with E-state index in [2.05, 4.69) is 20.8 Å². The summed E-state index contributed by atoms with van der Waals surface area (Å²) in [6, 6.07) is 10.9. The lowest BCUT2D eigenvalue weighted by molar-refractivity contribution is -0.120. The molecule has 0 radical (unpaired) electrons. The fourth-order valence-electron chi connectivity index (χ4n) is 3.16. The van der Waals surface area contributed by atoms with Gasteiger partial charge in [0.15, 0.2) is 0 Å². The van der Waals surface area contributed by atoms with Crippen LogP contribution in [0.25, 0.3) is 0 Å². The first-order chi connectivity index (χ1) is 13.1. The van der Waals surface area contributed by atoms with E-state index in [1.165, 1.54) is 12.6 Å². The zero-order chi connectivity index (χ0) is 19.1. The summed E-state index contributed by atoms with van der Waals surface area (Å²) in [4.78, 5) is 28.2. The van der Waals surface area contributed by atoms with Gasteiger partial charge in [-0.15, -0.1) is 0 Å². The number of carbonyl (C=O) groups excluding carboxylic acids is 2. The van der Waals surface area contributed by atoms with Gasteiger partial charge in [0.25, 0.3) is 5.91 Å². The van der Waals surface area contributed by atoms with E-state index in [9.17, 15) is 9.59 Å². The number of amides is 2. The third-order valence-electron chi connectivity index (χ3n) is 4.80. The smallest absolute Gasteiger partial charge is 0.272 e. The summed E-state index contributed by atoms with van der Waals surface area (Å²) in [5, 5.41) is 7.13. The maximum absolute atomic E-state index is 12.3. The number of pyridine rings is 1. The van der Waals surface area contributed by atoms with Crippen LogP contribution in [0.3, 0.4) is 0 Å². The summed E-state index contributed by atoms with van der Waals surface area (Å²) < 4.78 is 0. The highest BCUT2D eigenvalue weighted by Gasteiger charge is 2.20. The fraction of sp³-hybridized carbons (Fsp3) is 0.333. The highest BCUT2D eigenvalue weighted by molar-refractivity contribution is 6.01. The van der Waals surface area contributed by atoms with Crippen LogP contribution in [0.2, 0.25) is 0 Å². The van der Waals surface area contributed by atoms with Gasteiger partial charge in [-0.05, 0) is 49.6 Å². The number of carbonyl (C=O) groups is 2. The first kappa shape index (κ1) is 18.8. The van der Waals surface area contributed by atoms with Crippen molar-refractivity contribution >= 4 is 23.2 Å². The summed E-state index contributed by atoms with van der Waals surface area (Å²) in [7, 11) is 0. The van der Waals surface area contributed by atoms with Crippen LogP contribution in [0.1, 0.15) is 54.9 Å². The minimum atomic E-state index is -0.307. The third kappa shape index (κ3) is 5.23. The predicted molar refractivity (Wildman–Crippen MR) is 106 cm³/mol. The average molecular weight is 364 g/mol. The van der Waals surface area contributed by atoms with E-state index in [1.54, 1.807) is 18.3 Å². The molecule has 1 aromatic heterocycles. The topological polar surface area (TPSA) is 83.4 Å². The van der Waals surface area contributed by atoms with Crippen molar-refractivity contribution in [3.05, 3.63) is 59.9 Å². The first-order valence-electron chi connectivity index (χ1n) is 9.29. The number of hydrogen-bond donors (Lipinski definition) is 2. The molecule has 2 aromatic rings. The van der Waals surface area contributed by atoms with Crippen molar-refractivity contribution in [3.63, 3.8) is 0 Å². The van der Waals surface area contributed by atoms with Crippen molar-refractivity contribution in [2.24, 2.45) is 11.0 Å². The highest BCUT2D eigenvalue weighted by Crippen LogP contribution is 2.25. The van der Waals surface area contributed by atoms with Crippen molar-refractivity contribution in [2.75, 3.05) is 5.32 Å². The molecule has 1 saturated carbocycles. The zero-order valence-corrected chi connectivity index (χ0v) is 15.4. The number of benzene rings is 1. The Morgan fingerprint density at radius 1 is 1.04 bits per heavy atom. The van der Waals surface area contributed by atoms with Crippen LogP contribution >= 0.6 is 0 Å². The predicted octanol–water partition coefficient (Wildman–Crippen LogP) is 3.75. The van der Waals surface area contributed by atoms with Gasteiger partial charge < -0.3 is 5.32 Å². The molecular formula is C21H24N4O2. The number of hydrazone groups is 1. The second kappa shape index (κ2) is 9.07. The van der Waals surface area contributed by atoms with Gasteiger partial charge in [-0.25, -0.2) is 5.43 Å². The third-order valence-corrected chi connectivity index (χ3v) is 4.80. The molecule has 3 rings (SSSR count). The summed E-state index contributed by atoms with van der Waals surface area (Å²) in [6.45, 7) is 1.82. The number of rotatable bonds is 5. The number of nitrogens with zero attached hydrogens (tertiary/aromatic N) is 2. The van der Waals surface area contributed by atoms with Gasteiger partial charge in [-0.3, -0.25) is 14.6 Å². The molecule has 0 bridgehead atoms. The summed E-state index contributed by atoms with van der Waals surface area (Å²) in [5.74, 6) is -0.0696. The second-order valence-corrected chi connectivity index (χ2v) is 6.78. The SMILES string of the molecule is C/C(=N/NC(=O)c1cccnc1)c1ccc(NC(=O)C2CCCCC2)cc1. The van der Waals surface area contributed by atoms with Crippen LogP contribution in [-0.4, -0.2) is 22.5 Å². The maximum atomic E-state index is 12.3. The number of aromatic nitrogens is 1. The second-order valence-electron chi connectivity index (χ2n) is 6.78. The normalized spacial score (nSPS) is 15.2. The van der Waals surface area contributed by atoms with Crippen LogP contribution in [0.5, 0.6) is 0 Å². The Bertz CT molecular complexity index is 810. The van der Waals surface area contributed by atoms with Crippen molar-refractivity contribution in [2.45, 2.75) is 39.0 Å². The van der Waals surface area contributed by atoms with E-state index in [4.69, 9.17) is 0 Å². The molecule has 0 atom stereocenters. The molecule has 0 saturated heterocycles. The maximum Gasteiger partial charge on any atom is 0.272 e. The first-order valence-corrected chi connectivity index (χ1v) is 9.29. The van der Waals surface area contributed by atoms with E-state index >= 15 is 0 Å². The van der Waals surface area contributed by atoms with Gasteiger partial charge in [0.1, 0.15) is 0 Å². The lowest BCUT2D eigenvalue weighted by Crippen LogP contribution is -2.24. The number of nitrogens with one attached hydrogen (secondary N) is 2. The number of hydrogen-bond acceptors (Lipinski definition) is 4. The van der Waals surface area contributed by atoms with E-state index in [1.807, 2.05) is 31.2 Å². The van der Waals surface area contributed by atoms with Gasteiger partial charge in [0.2, 0.25) is 5.91 Å². The molecule has 1 aromatic carbocycles. The van der Waals surface area contributed by atoms with Gasteiger partial charge in [0, 0.05) is 24.0 Å². The average Bonchev–Trinajstić information content (AvgIpc) is 2.73. The van der Waals surface area contributed by atoms with Crippen molar-refractivity contribution in [1.29, 1.82) is 0 Å². The van der Waals surface area contributed by atoms with Gasteiger partial charge in [-0.2, -0.15) is 5.10 Å². The van der Waals surface area contributed by atoms with Crippen LogP contribution in [-0.2, 0) is 4.79 Å². The van der Waals surface area contributed by atoms with Crippen molar-refractivity contribution in [3.8, 4) is 0 Å². The molecule has 1 aliphatic rings. The molecule has 27 heavy (non-hydrogen) atoms. The largest absolute Gasteiger partial charge is 0.326 e. The summed E-state index contributed by atoms with van der Waals surface area (Å²) in [6.07, 6.45) is 8.56. The molecule has 2 amide bonds. The summed E-state index contributed by atoms with van der Waals surface area (Å²) in [5.41, 5.74) is 5.31. The van der Waals surface area contributed by atoms with Crippen molar-refractivity contribution < 1.29 is 9.59 Å². The monoisotopic (exact) mass is 364 g/mol. The van der Waals surface area contributed by atoms with Crippen LogP contribution in [0.15, 0.2) is 53.9 Å². The zero-order valence-electron chi connectivity index (χ0n) is 15.4. The molecule has 1 aliphatic carbocycles. The van der Waals surface area contributed by atoms with E-state index < -0.39 is 0 Å². The molecule has 1 heterocycles. The molecule has 2 N–H and O–H groups in total. The Morgan fingerprint density at radius 3 is 2.44 bits per heavy atom. The van der Waals surface area contributed by atoms with Crippen LogP contribution in [0.4, 0.5) is 5.69 Å². The van der Waals surface area contributed by atoms with E-state index in [0.29, 0.717) is 11.3 Å². The van der Waals surface area contributed by atoms with Gasteiger partial charge in [-0.1, -0.05) is 31.4 Å². The molecule has 1 fully saturated rings. The minimum Gasteiger partial charge on any atom is -0.326 e. The minimum absolute atomic E-state index is 0.108. The van der Waals surface area contributed by atoms with Crippen LogP contribution in [0, 0.1) is 5.92 Å². The Hall–Kier alpha value is -3.02. The quantitative estimate of drug-likeness (QED) is 0.626. The fourth-order valence-corrected chi connectivity index (χ4v) is 3.16. The standard InChI is InChI=1S/C21H24N4O2/c1-15(24-25-21(27)18-8-5-13-22-14-18)16-9-11-19(12-10-16)23-20(26)17-6-3-2-4-7-17/h5,8-14,17H,2-4,6-7H2,1H3,(H,23,26)(H,25,27)/b24-15-. The molecular weight excluding hydrogens is 340 g/mol. The highest BCUT2D eigenvalue weighted by atomic mass is 16.2. The lowest BCUT2D eigenvalue weighted by atomic mass is 9.88. The molecule has 140 valence electrons. The van der Waals surface area contributed by atoms with Gasteiger partial charge in [0.05, 0.1) is 11.3 Å². The molecule has 0 spiro atoms. The Balaban J connectivity index is 1.57.